The number of hydrogen-bond donors (Lipinski definition) is 1. The number of furan rings is 1. The molecular weight excluding hydrogens is 248 g/mol. The van der Waals surface area contributed by atoms with E-state index in [1.807, 2.05) is 0 Å². The Bertz CT molecular complexity index is 413. The highest BCUT2D eigenvalue weighted by molar-refractivity contribution is 5.08. The van der Waals surface area contributed by atoms with Crippen LogP contribution in [-0.4, -0.2) is 23.0 Å². The van der Waals surface area contributed by atoms with Crippen molar-refractivity contribution in [1.29, 1.82) is 0 Å². The van der Waals surface area contributed by atoms with Crippen molar-refractivity contribution in [2.45, 2.75) is 72.1 Å². The smallest absolute Gasteiger partial charge is 0.118 e. The van der Waals surface area contributed by atoms with Gasteiger partial charge in [0.15, 0.2) is 0 Å². The third-order valence-electron chi connectivity index (χ3n) is 3.53. The molecule has 1 N–H and O–H groups in total. The zero-order chi connectivity index (χ0) is 14.8. The second-order valence-corrected chi connectivity index (χ2v) is 7.53. The number of nitrogens with one attached hydrogen (secondary N) is 1. The molecule has 0 saturated heterocycles. The Kier molecular flexibility index (Phi) is 4.92. The zero-order valence-corrected chi connectivity index (χ0v) is 13.7. The van der Waals surface area contributed by atoms with Gasteiger partial charge < -0.3 is 9.73 Å². The van der Waals surface area contributed by atoms with Crippen LogP contribution < -0.4 is 5.32 Å². The summed E-state index contributed by atoms with van der Waals surface area (Å²) in [5.41, 5.74) is 0.130. The summed E-state index contributed by atoms with van der Waals surface area (Å²) in [6.07, 6.45) is 2.71. The molecule has 0 atom stereocenters. The molecule has 1 aromatic rings. The molecule has 20 heavy (non-hydrogen) atoms. The van der Waals surface area contributed by atoms with Crippen molar-refractivity contribution in [1.82, 2.24) is 10.2 Å². The van der Waals surface area contributed by atoms with Gasteiger partial charge in [0.2, 0.25) is 0 Å². The minimum absolute atomic E-state index is 0.130. The summed E-state index contributed by atoms with van der Waals surface area (Å²) >= 11 is 0. The average molecular weight is 278 g/mol. The first-order chi connectivity index (χ1) is 9.33. The lowest BCUT2D eigenvalue weighted by molar-refractivity contribution is 0.206. The van der Waals surface area contributed by atoms with Crippen LogP contribution in [0.4, 0.5) is 0 Å². The molecule has 114 valence electrons. The van der Waals surface area contributed by atoms with Gasteiger partial charge in [-0.05, 0) is 51.7 Å². The van der Waals surface area contributed by atoms with Gasteiger partial charge >= 0.3 is 0 Å². The highest BCUT2D eigenvalue weighted by Crippen LogP contribution is 2.29. The van der Waals surface area contributed by atoms with Gasteiger partial charge in [0.1, 0.15) is 11.5 Å². The van der Waals surface area contributed by atoms with E-state index < -0.39 is 0 Å². The van der Waals surface area contributed by atoms with E-state index in [0.29, 0.717) is 5.92 Å². The van der Waals surface area contributed by atoms with Crippen molar-refractivity contribution in [2.24, 2.45) is 5.92 Å². The fourth-order valence-electron chi connectivity index (χ4n) is 2.41. The topological polar surface area (TPSA) is 28.4 Å². The van der Waals surface area contributed by atoms with Crippen molar-refractivity contribution in [3.8, 4) is 0 Å². The third kappa shape index (κ3) is 5.29. The fraction of sp³-hybridized carbons (Fsp3) is 0.765. The quantitative estimate of drug-likeness (QED) is 0.822. The molecule has 1 heterocycles. The molecule has 0 aromatic carbocycles. The van der Waals surface area contributed by atoms with E-state index in [1.165, 1.54) is 19.4 Å². The van der Waals surface area contributed by atoms with Gasteiger partial charge in [-0.3, -0.25) is 4.90 Å². The Hall–Kier alpha value is -0.800. The largest absolute Gasteiger partial charge is 0.463 e. The maximum Gasteiger partial charge on any atom is 0.118 e. The van der Waals surface area contributed by atoms with Gasteiger partial charge in [-0.15, -0.1) is 0 Å². The Morgan fingerprint density at radius 2 is 1.90 bits per heavy atom. The Morgan fingerprint density at radius 3 is 2.45 bits per heavy atom. The van der Waals surface area contributed by atoms with Gasteiger partial charge in [-0.2, -0.15) is 0 Å². The SMILES string of the molecule is CC(C)CN(Cc1ccc(CNC(C)(C)C)o1)C1CC1. The molecule has 1 aliphatic carbocycles. The van der Waals surface area contributed by atoms with E-state index in [0.717, 1.165) is 30.7 Å². The molecule has 3 nitrogen and oxygen atoms in total. The molecule has 0 radical (unpaired) electrons. The van der Waals surface area contributed by atoms with E-state index in [9.17, 15) is 0 Å². The summed E-state index contributed by atoms with van der Waals surface area (Å²) < 4.78 is 5.96. The van der Waals surface area contributed by atoms with Crippen molar-refractivity contribution < 1.29 is 4.42 Å². The van der Waals surface area contributed by atoms with Gasteiger partial charge in [0.05, 0.1) is 13.1 Å². The highest BCUT2D eigenvalue weighted by Gasteiger charge is 2.29. The van der Waals surface area contributed by atoms with Gasteiger partial charge in [0, 0.05) is 18.1 Å². The predicted octanol–water partition coefficient (Wildman–Crippen LogP) is 3.79. The van der Waals surface area contributed by atoms with E-state index >= 15 is 0 Å². The molecule has 1 fully saturated rings. The molecule has 0 amide bonds. The lowest BCUT2D eigenvalue weighted by Gasteiger charge is -2.23. The monoisotopic (exact) mass is 278 g/mol. The summed E-state index contributed by atoms with van der Waals surface area (Å²) in [6.45, 7) is 14.0. The Labute approximate surface area is 123 Å². The van der Waals surface area contributed by atoms with Crippen LogP contribution in [0.2, 0.25) is 0 Å². The Balaban J connectivity index is 1.87. The summed E-state index contributed by atoms with van der Waals surface area (Å²) in [5.74, 6) is 2.85. The molecule has 0 aliphatic heterocycles. The van der Waals surface area contributed by atoms with E-state index in [-0.39, 0.29) is 5.54 Å². The molecule has 0 unspecified atom stereocenters. The first-order valence-corrected chi connectivity index (χ1v) is 7.90. The van der Waals surface area contributed by atoms with Crippen LogP contribution in [0.15, 0.2) is 16.5 Å². The number of nitrogens with zero attached hydrogens (tertiary/aromatic N) is 1. The molecule has 0 bridgehead atoms. The van der Waals surface area contributed by atoms with Crippen LogP contribution in [0.3, 0.4) is 0 Å². The molecule has 1 saturated carbocycles. The van der Waals surface area contributed by atoms with Crippen LogP contribution in [-0.2, 0) is 13.1 Å². The van der Waals surface area contributed by atoms with Crippen LogP contribution in [0.5, 0.6) is 0 Å². The minimum Gasteiger partial charge on any atom is -0.463 e. The first-order valence-electron chi connectivity index (χ1n) is 7.90. The van der Waals surface area contributed by atoms with Crippen LogP contribution in [0.1, 0.15) is 59.0 Å². The van der Waals surface area contributed by atoms with E-state index in [4.69, 9.17) is 4.42 Å². The summed E-state index contributed by atoms with van der Waals surface area (Å²) in [5, 5.41) is 3.46. The van der Waals surface area contributed by atoms with E-state index in [2.05, 4.69) is 57.0 Å². The lowest BCUT2D eigenvalue weighted by atomic mass is 10.1. The van der Waals surface area contributed by atoms with Crippen LogP contribution >= 0.6 is 0 Å². The number of rotatable bonds is 7. The minimum atomic E-state index is 0.130. The van der Waals surface area contributed by atoms with Crippen LogP contribution in [0.25, 0.3) is 0 Å². The molecule has 2 rings (SSSR count). The number of hydrogen-bond acceptors (Lipinski definition) is 3. The second kappa shape index (κ2) is 6.31. The molecular formula is C17H30N2O. The zero-order valence-electron chi connectivity index (χ0n) is 13.7. The summed E-state index contributed by atoms with van der Waals surface area (Å²) in [4.78, 5) is 2.57. The van der Waals surface area contributed by atoms with Crippen molar-refractivity contribution >= 4 is 0 Å². The van der Waals surface area contributed by atoms with Crippen molar-refractivity contribution in [3.63, 3.8) is 0 Å². The molecule has 0 spiro atoms. The van der Waals surface area contributed by atoms with Crippen molar-refractivity contribution in [2.75, 3.05) is 6.54 Å². The average Bonchev–Trinajstić information content (AvgIpc) is 3.06. The maximum absolute atomic E-state index is 5.96. The summed E-state index contributed by atoms with van der Waals surface area (Å²) in [6, 6.07) is 5.03. The van der Waals surface area contributed by atoms with Gasteiger partial charge in [0.25, 0.3) is 0 Å². The predicted molar refractivity (Wildman–Crippen MR) is 83.6 cm³/mol. The van der Waals surface area contributed by atoms with Crippen molar-refractivity contribution in [3.05, 3.63) is 23.7 Å². The third-order valence-corrected chi connectivity index (χ3v) is 3.53. The van der Waals surface area contributed by atoms with E-state index in [1.54, 1.807) is 0 Å². The van der Waals surface area contributed by atoms with Crippen LogP contribution in [0, 0.1) is 5.92 Å². The lowest BCUT2D eigenvalue weighted by Crippen LogP contribution is -2.34. The molecule has 1 aromatic heterocycles. The first kappa shape index (κ1) is 15.6. The van der Waals surface area contributed by atoms with Gasteiger partial charge in [-0.1, -0.05) is 13.8 Å². The Morgan fingerprint density at radius 1 is 1.25 bits per heavy atom. The normalized spacial score (nSPS) is 16.4. The summed E-state index contributed by atoms with van der Waals surface area (Å²) in [7, 11) is 0. The van der Waals surface area contributed by atoms with Gasteiger partial charge in [-0.25, -0.2) is 0 Å². The highest BCUT2D eigenvalue weighted by atomic mass is 16.3. The second-order valence-electron chi connectivity index (χ2n) is 7.53. The molecule has 1 aliphatic rings. The fourth-order valence-corrected chi connectivity index (χ4v) is 2.41. The molecule has 3 heteroatoms. The maximum atomic E-state index is 5.96. The standard InChI is InChI=1S/C17H30N2O/c1-13(2)11-19(14-6-7-14)12-16-9-8-15(20-16)10-18-17(3,4)5/h8-9,13-14,18H,6-7,10-12H2,1-5H3.